The van der Waals surface area contributed by atoms with Crippen LogP contribution in [0.3, 0.4) is 0 Å². The minimum Gasteiger partial charge on any atom is -0.388 e. The second kappa shape index (κ2) is 8.86. The van der Waals surface area contributed by atoms with E-state index in [4.69, 9.17) is 0 Å². The number of aliphatic hydroxyl groups is 1. The lowest BCUT2D eigenvalue weighted by Crippen LogP contribution is -2.49. The van der Waals surface area contributed by atoms with Crippen LogP contribution in [0, 0.1) is 0 Å². The van der Waals surface area contributed by atoms with Gasteiger partial charge in [-0.15, -0.1) is 0 Å². The molecule has 1 N–H and O–H groups in total. The van der Waals surface area contributed by atoms with Crippen LogP contribution in [-0.4, -0.2) is 53.9 Å². The van der Waals surface area contributed by atoms with Gasteiger partial charge in [0.1, 0.15) is 11.7 Å². The number of piperidine rings is 1. The third-order valence-electron chi connectivity index (χ3n) is 6.43. The largest absolute Gasteiger partial charge is 0.388 e. The van der Waals surface area contributed by atoms with E-state index in [1.807, 2.05) is 49.1 Å². The molecule has 0 bridgehead atoms. The number of rotatable bonds is 6. The molecule has 8 nitrogen and oxygen atoms in total. The molecule has 170 valence electrons. The van der Waals surface area contributed by atoms with Crippen LogP contribution in [-0.2, 0) is 11.3 Å². The maximum absolute atomic E-state index is 12.9. The lowest BCUT2D eigenvalue weighted by Gasteiger charge is -2.38. The molecule has 0 unspecified atom stereocenters. The Morgan fingerprint density at radius 1 is 1.16 bits per heavy atom. The fraction of sp³-hybridized carbons (Fsp3) is 0.500. The first-order valence-corrected chi connectivity index (χ1v) is 11.3. The van der Waals surface area contributed by atoms with Crippen molar-refractivity contribution in [3.8, 4) is 0 Å². The molecule has 1 fully saturated rings. The average Bonchev–Trinajstić information content (AvgIpc) is 3.22. The number of carbonyl (C=O) groups is 1. The van der Waals surface area contributed by atoms with E-state index < -0.39 is 5.60 Å². The Hall–Kier alpha value is -3.00. The Labute approximate surface area is 187 Å². The third kappa shape index (κ3) is 4.46. The van der Waals surface area contributed by atoms with Gasteiger partial charge in [-0.1, -0.05) is 37.3 Å². The lowest BCUT2D eigenvalue weighted by molar-refractivity contribution is -0.136. The number of amides is 1. The Bertz CT molecular complexity index is 1140. The van der Waals surface area contributed by atoms with E-state index in [0.29, 0.717) is 43.4 Å². The van der Waals surface area contributed by atoms with Crippen molar-refractivity contribution in [2.75, 3.05) is 13.1 Å². The van der Waals surface area contributed by atoms with Gasteiger partial charge in [0.05, 0.1) is 18.3 Å². The number of nitrogens with zero attached hydrogens (tertiary/aromatic N) is 5. The van der Waals surface area contributed by atoms with Gasteiger partial charge < -0.3 is 10.0 Å². The zero-order chi connectivity index (χ0) is 22.9. The second-order valence-electron chi connectivity index (χ2n) is 9.22. The van der Waals surface area contributed by atoms with Crippen LogP contribution in [0.25, 0.3) is 11.0 Å². The Morgan fingerprint density at radius 2 is 1.84 bits per heavy atom. The quantitative estimate of drug-likeness (QED) is 0.640. The second-order valence-corrected chi connectivity index (χ2v) is 9.22. The van der Waals surface area contributed by atoms with E-state index in [9.17, 15) is 14.7 Å². The summed E-state index contributed by atoms with van der Waals surface area (Å²) in [5.41, 5.74) is 0.457. The summed E-state index contributed by atoms with van der Waals surface area (Å²) < 4.78 is 3.18. The highest BCUT2D eigenvalue weighted by molar-refractivity contribution is 5.77. The summed E-state index contributed by atoms with van der Waals surface area (Å²) in [6.07, 6.45) is 4.33. The summed E-state index contributed by atoms with van der Waals surface area (Å²) in [5.74, 6) is 0.248. The summed E-state index contributed by atoms with van der Waals surface area (Å²) >= 11 is 0. The van der Waals surface area contributed by atoms with E-state index >= 15 is 0 Å². The lowest BCUT2D eigenvalue weighted by atomic mass is 9.90. The zero-order valence-corrected chi connectivity index (χ0v) is 18.9. The normalized spacial score (nSPS) is 17.1. The van der Waals surface area contributed by atoms with Crippen molar-refractivity contribution in [1.82, 2.24) is 24.2 Å². The molecule has 1 aromatic carbocycles. The molecule has 8 heteroatoms. The minimum atomic E-state index is -1.05. The Morgan fingerprint density at radius 3 is 2.50 bits per heavy atom. The number of aromatic nitrogens is 4. The molecule has 1 saturated heterocycles. The van der Waals surface area contributed by atoms with Gasteiger partial charge in [-0.05, 0) is 38.2 Å². The van der Waals surface area contributed by atoms with E-state index in [1.54, 1.807) is 10.9 Å². The summed E-state index contributed by atoms with van der Waals surface area (Å²) in [7, 11) is 0. The fourth-order valence-corrected chi connectivity index (χ4v) is 4.40. The van der Waals surface area contributed by atoms with E-state index in [2.05, 4.69) is 17.0 Å². The van der Waals surface area contributed by atoms with E-state index in [0.717, 1.165) is 5.56 Å². The fourth-order valence-electron chi connectivity index (χ4n) is 4.40. The predicted molar refractivity (Wildman–Crippen MR) is 122 cm³/mol. The van der Waals surface area contributed by atoms with Crippen LogP contribution >= 0.6 is 0 Å². The molecule has 0 aliphatic carbocycles. The molecule has 0 spiro atoms. The van der Waals surface area contributed by atoms with E-state index in [1.165, 1.54) is 10.9 Å². The zero-order valence-electron chi connectivity index (χ0n) is 18.9. The Balaban J connectivity index is 1.39. The van der Waals surface area contributed by atoms with Gasteiger partial charge in [0.2, 0.25) is 5.91 Å². The van der Waals surface area contributed by atoms with Gasteiger partial charge in [-0.3, -0.25) is 14.2 Å². The highest BCUT2D eigenvalue weighted by Crippen LogP contribution is 2.26. The molecular formula is C24H31N5O3. The SMILES string of the molecule is CC(C)n1ncc2c(=O)n(CC3(O)CCN(C(=O)C[C@@H](C)c4ccccc4)CC3)cnc21. The molecule has 2 aromatic heterocycles. The summed E-state index contributed by atoms with van der Waals surface area (Å²) in [6.45, 7) is 7.14. The maximum atomic E-state index is 12.9. The third-order valence-corrected chi connectivity index (χ3v) is 6.43. The van der Waals surface area contributed by atoms with Gasteiger partial charge in [0.15, 0.2) is 5.65 Å². The molecule has 32 heavy (non-hydrogen) atoms. The topological polar surface area (TPSA) is 93.2 Å². The van der Waals surface area contributed by atoms with Gasteiger partial charge in [0.25, 0.3) is 5.56 Å². The van der Waals surface area contributed by atoms with Crippen molar-refractivity contribution >= 4 is 16.9 Å². The van der Waals surface area contributed by atoms with Gasteiger partial charge in [-0.25, -0.2) is 9.67 Å². The average molecular weight is 438 g/mol. The van der Waals surface area contributed by atoms with Crippen molar-refractivity contribution in [2.45, 2.75) is 64.1 Å². The first-order valence-electron chi connectivity index (χ1n) is 11.3. The molecule has 1 amide bonds. The molecule has 4 rings (SSSR count). The minimum absolute atomic E-state index is 0.102. The van der Waals surface area contributed by atoms with Crippen molar-refractivity contribution in [2.24, 2.45) is 0 Å². The molecule has 3 aromatic rings. The first kappa shape index (κ1) is 22.2. The summed E-state index contributed by atoms with van der Waals surface area (Å²) in [4.78, 5) is 31.9. The van der Waals surface area contributed by atoms with Crippen molar-refractivity contribution < 1.29 is 9.90 Å². The van der Waals surface area contributed by atoms with Gasteiger partial charge >= 0.3 is 0 Å². The van der Waals surface area contributed by atoms with Crippen LogP contribution in [0.4, 0.5) is 0 Å². The summed E-state index contributed by atoms with van der Waals surface area (Å²) in [6, 6.07) is 10.1. The number of benzene rings is 1. The highest BCUT2D eigenvalue weighted by Gasteiger charge is 2.35. The molecule has 1 aliphatic heterocycles. The molecule has 0 saturated carbocycles. The Kier molecular flexibility index (Phi) is 6.15. The first-order chi connectivity index (χ1) is 15.3. The van der Waals surface area contributed by atoms with Gasteiger partial charge in [-0.2, -0.15) is 5.10 Å². The molecular weight excluding hydrogens is 406 g/mol. The number of fused-ring (bicyclic) bond motifs is 1. The highest BCUT2D eigenvalue weighted by atomic mass is 16.3. The number of likely N-dealkylation sites (tertiary alicyclic amines) is 1. The van der Waals surface area contributed by atoms with E-state index in [-0.39, 0.29) is 30.0 Å². The molecule has 3 heterocycles. The van der Waals surface area contributed by atoms with Crippen molar-refractivity contribution in [3.63, 3.8) is 0 Å². The van der Waals surface area contributed by atoms with Crippen LogP contribution < -0.4 is 5.56 Å². The van der Waals surface area contributed by atoms with Gasteiger partial charge in [0, 0.05) is 25.6 Å². The number of hydrogen-bond donors (Lipinski definition) is 1. The van der Waals surface area contributed by atoms with Crippen LogP contribution in [0.2, 0.25) is 0 Å². The number of carbonyl (C=O) groups excluding carboxylic acids is 1. The monoisotopic (exact) mass is 437 g/mol. The summed E-state index contributed by atoms with van der Waals surface area (Å²) in [5, 5.41) is 15.8. The van der Waals surface area contributed by atoms with Crippen LogP contribution in [0.5, 0.6) is 0 Å². The molecule has 1 aliphatic rings. The van der Waals surface area contributed by atoms with Crippen molar-refractivity contribution in [3.05, 3.63) is 58.8 Å². The molecule has 1 atom stereocenters. The maximum Gasteiger partial charge on any atom is 0.264 e. The van der Waals surface area contributed by atoms with Crippen LogP contribution in [0.1, 0.15) is 57.6 Å². The van der Waals surface area contributed by atoms with Crippen LogP contribution in [0.15, 0.2) is 47.7 Å². The molecule has 0 radical (unpaired) electrons. The van der Waals surface area contributed by atoms with Crippen molar-refractivity contribution in [1.29, 1.82) is 0 Å². The smallest absolute Gasteiger partial charge is 0.264 e. The number of hydrogen-bond acceptors (Lipinski definition) is 5. The predicted octanol–water partition coefficient (Wildman–Crippen LogP) is 2.72. The standard InChI is InChI=1S/C24H31N5O3/c1-17(2)29-22-20(14-26-29)23(31)28(16-25-22)15-24(32)9-11-27(12-10-24)21(30)13-18(3)19-7-5-4-6-8-19/h4-8,14,16-18,32H,9-13,15H2,1-3H3/t18-/m1/s1.